The van der Waals surface area contributed by atoms with E-state index in [0.717, 1.165) is 23.1 Å². The minimum Gasteiger partial charge on any atom is -0.299 e. The Morgan fingerprint density at radius 1 is 1.13 bits per heavy atom. The van der Waals surface area contributed by atoms with Crippen molar-refractivity contribution in [1.29, 1.82) is 0 Å². The molecule has 1 N–H and O–H groups in total. The van der Waals surface area contributed by atoms with Gasteiger partial charge >= 0.3 is 0 Å². The van der Waals surface area contributed by atoms with Crippen molar-refractivity contribution in [2.24, 2.45) is 0 Å². The van der Waals surface area contributed by atoms with Gasteiger partial charge in [-0.25, -0.2) is 0 Å². The Bertz CT molecular complexity index is 455. The number of hydrogen-bond donors (Lipinski definition) is 1. The molecule has 2 rings (SSSR count). The van der Waals surface area contributed by atoms with Gasteiger partial charge in [-0.05, 0) is 23.3 Å². The topological polar surface area (TPSA) is 45.8 Å². The van der Waals surface area contributed by atoms with Crippen LogP contribution in [0.4, 0.5) is 0 Å². The fourth-order valence-corrected chi connectivity index (χ4v) is 1.34. The van der Waals surface area contributed by atoms with Gasteiger partial charge in [0.2, 0.25) is 0 Å². The number of rotatable bonds is 3. The van der Waals surface area contributed by atoms with Crippen LogP contribution in [0.1, 0.15) is 5.56 Å². The van der Waals surface area contributed by atoms with E-state index >= 15 is 0 Å². The summed E-state index contributed by atoms with van der Waals surface area (Å²) in [6, 6.07) is 9.79. The quantitative estimate of drug-likeness (QED) is 0.607. The van der Waals surface area contributed by atoms with Crippen LogP contribution in [0.3, 0.4) is 0 Å². The van der Waals surface area contributed by atoms with E-state index in [1.807, 2.05) is 30.3 Å². The Labute approximate surface area is 87.5 Å². The zero-order valence-electron chi connectivity index (χ0n) is 8.05. The summed E-state index contributed by atoms with van der Waals surface area (Å²) < 4.78 is 0. The lowest BCUT2D eigenvalue weighted by Crippen LogP contribution is -1.78. The number of nitrogens with zero attached hydrogens (tertiary/aromatic N) is 1. The summed E-state index contributed by atoms with van der Waals surface area (Å²) in [7, 11) is 0. The van der Waals surface area contributed by atoms with E-state index < -0.39 is 0 Å². The fourth-order valence-electron chi connectivity index (χ4n) is 1.34. The molecular formula is C12H10N2O. The van der Waals surface area contributed by atoms with Crippen LogP contribution in [-0.2, 0) is 4.79 Å². The first kappa shape index (κ1) is 9.40. The summed E-state index contributed by atoms with van der Waals surface area (Å²) in [6.45, 7) is 0. The van der Waals surface area contributed by atoms with E-state index in [-0.39, 0.29) is 0 Å². The lowest BCUT2D eigenvalue weighted by atomic mass is 10.1. The second-order valence-electron chi connectivity index (χ2n) is 3.09. The average molecular weight is 198 g/mol. The van der Waals surface area contributed by atoms with Crippen molar-refractivity contribution >= 4 is 12.4 Å². The molecule has 0 amide bonds. The second-order valence-corrected chi connectivity index (χ2v) is 3.09. The maximum Gasteiger partial charge on any atom is 0.142 e. The van der Waals surface area contributed by atoms with Gasteiger partial charge in [0.05, 0.1) is 5.69 Å². The van der Waals surface area contributed by atoms with Gasteiger partial charge in [-0.1, -0.05) is 30.3 Å². The molecule has 0 aliphatic carbocycles. The molecule has 0 bridgehead atoms. The van der Waals surface area contributed by atoms with Gasteiger partial charge in [0.15, 0.2) is 0 Å². The maximum absolute atomic E-state index is 10.1. The Hall–Kier alpha value is -2.16. The molecule has 0 unspecified atom stereocenters. The number of hydrogen-bond acceptors (Lipinski definition) is 2. The Kier molecular flexibility index (Phi) is 2.74. The van der Waals surface area contributed by atoms with E-state index in [1.165, 1.54) is 6.08 Å². The summed E-state index contributed by atoms with van der Waals surface area (Å²) >= 11 is 0. The van der Waals surface area contributed by atoms with Crippen molar-refractivity contribution in [2.45, 2.75) is 0 Å². The van der Waals surface area contributed by atoms with Crippen LogP contribution in [0.2, 0.25) is 0 Å². The van der Waals surface area contributed by atoms with Crippen LogP contribution < -0.4 is 0 Å². The molecule has 0 aliphatic rings. The van der Waals surface area contributed by atoms with E-state index in [1.54, 1.807) is 12.3 Å². The predicted octanol–water partition coefficient (Wildman–Crippen LogP) is 2.29. The first-order valence-corrected chi connectivity index (χ1v) is 4.62. The normalized spacial score (nSPS) is 10.7. The first-order valence-electron chi connectivity index (χ1n) is 4.62. The predicted molar refractivity (Wildman–Crippen MR) is 59.1 cm³/mol. The minimum absolute atomic E-state index is 0.767. The Balaban J connectivity index is 2.24. The molecule has 0 fully saturated rings. The molecule has 0 saturated heterocycles. The highest BCUT2D eigenvalue weighted by molar-refractivity contribution is 5.74. The standard InChI is InChI=1S/C12H10N2O/c15-9-1-2-10-3-5-11(6-4-10)12-7-8-13-14-12/h1-9H,(H,13,14). The molecule has 0 aliphatic heterocycles. The third-order valence-corrected chi connectivity index (χ3v) is 2.09. The number of carbonyl (C=O) groups excluding carboxylic acids is 1. The highest BCUT2D eigenvalue weighted by atomic mass is 16.1. The first-order chi connectivity index (χ1) is 7.40. The summed E-state index contributed by atoms with van der Waals surface area (Å²) in [4.78, 5) is 10.1. The molecule has 1 heterocycles. The van der Waals surface area contributed by atoms with Crippen molar-refractivity contribution < 1.29 is 4.79 Å². The number of aromatic amines is 1. The van der Waals surface area contributed by atoms with Crippen molar-refractivity contribution in [3.63, 3.8) is 0 Å². The van der Waals surface area contributed by atoms with Crippen LogP contribution in [0.25, 0.3) is 17.3 Å². The molecule has 74 valence electrons. The average Bonchev–Trinajstić information content (AvgIpc) is 2.80. The molecule has 1 aromatic carbocycles. The van der Waals surface area contributed by atoms with Crippen LogP contribution >= 0.6 is 0 Å². The van der Waals surface area contributed by atoms with Crippen molar-refractivity contribution in [1.82, 2.24) is 10.2 Å². The summed E-state index contributed by atoms with van der Waals surface area (Å²) in [5.74, 6) is 0. The van der Waals surface area contributed by atoms with Gasteiger partial charge in [0.25, 0.3) is 0 Å². The molecule has 3 heteroatoms. The summed E-state index contributed by atoms with van der Waals surface area (Å²) in [5.41, 5.74) is 3.07. The second kappa shape index (κ2) is 4.37. The van der Waals surface area contributed by atoms with E-state index in [9.17, 15) is 4.79 Å². The van der Waals surface area contributed by atoms with Crippen LogP contribution in [0.15, 0.2) is 42.6 Å². The SMILES string of the molecule is O=CC=Cc1ccc(-c2ccn[nH]2)cc1. The van der Waals surface area contributed by atoms with Gasteiger partial charge < -0.3 is 0 Å². The number of nitrogens with one attached hydrogen (secondary N) is 1. The summed E-state index contributed by atoms with van der Waals surface area (Å²) in [6.07, 6.45) is 5.73. The minimum atomic E-state index is 0.767. The number of carbonyl (C=O) groups is 1. The summed E-state index contributed by atoms with van der Waals surface area (Å²) in [5, 5.41) is 6.78. The van der Waals surface area contributed by atoms with E-state index in [0.29, 0.717) is 0 Å². The monoisotopic (exact) mass is 198 g/mol. The lowest BCUT2D eigenvalue weighted by Gasteiger charge is -1.97. The molecule has 0 saturated carbocycles. The van der Waals surface area contributed by atoms with E-state index in [2.05, 4.69) is 10.2 Å². The highest BCUT2D eigenvalue weighted by Crippen LogP contribution is 2.16. The third-order valence-electron chi connectivity index (χ3n) is 2.09. The number of aromatic nitrogens is 2. The highest BCUT2D eigenvalue weighted by Gasteiger charge is 1.96. The fraction of sp³-hybridized carbons (Fsp3) is 0. The number of H-pyrrole nitrogens is 1. The lowest BCUT2D eigenvalue weighted by molar-refractivity contribution is -0.104. The maximum atomic E-state index is 10.1. The smallest absolute Gasteiger partial charge is 0.142 e. The van der Waals surface area contributed by atoms with Gasteiger partial charge in [-0.2, -0.15) is 5.10 Å². The number of benzene rings is 1. The van der Waals surface area contributed by atoms with Crippen LogP contribution in [0.5, 0.6) is 0 Å². The van der Waals surface area contributed by atoms with E-state index in [4.69, 9.17) is 0 Å². The van der Waals surface area contributed by atoms with Gasteiger partial charge in [0, 0.05) is 6.20 Å². The van der Waals surface area contributed by atoms with Crippen LogP contribution in [0, 0.1) is 0 Å². The zero-order valence-corrected chi connectivity index (χ0v) is 8.05. The third kappa shape index (κ3) is 2.20. The largest absolute Gasteiger partial charge is 0.299 e. The zero-order chi connectivity index (χ0) is 10.5. The van der Waals surface area contributed by atoms with Crippen molar-refractivity contribution in [2.75, 3.05) is 0 Å². The van der Waals surface area contributed by atoms with Crippen LogP contribution in [-0.4, -0.2) is 16.5 Å². The molecule has 0 radical (unpaired) electrons. The Morgan fingerprint density at radius 2 is 1.93 bits per heavy atom. The molecule has 2 aromatic rings. The Morgan fingerprint density at radius 3 is 2.53 bits per heavy atom. The van der Waals surface area contributed by atoms with Gasteiger partial charge in [-0.3, -0.25) is 9.89 Å². The molecule has 1 aromatic heterocycles. The molecule has 3 nitrogen and oxygen atoms in total. The van der Waals surface area contributed by atoms with Gasteiger partial charge in [-0.15, -0.1) is 0 Å². The number of aldehydes is 1. The molecular weight excluding hydrogens is 188 g/mol. The van der Waals surface area contributed by atoms with Crippen molar-refractivity contribution in [3.8, 4) is 11.3 Å². The molecule has 0 spiro atoms. The van der Waals surface area contributed by atoms with Crippen molar-refractivity contribution in [3.05, 3.63) is 48.2 Å². The van der Waals surface area contributed by atoms with Gasteiger partial charge in [0.1, 0.15) is 6.29 Å². The molecule has 15 heavy (non-hydrogen) atoms. The molecule has 0 atom stereocenters. The number of allylic oxidation sites excluding steroid dienone is 1.